The summed E-state index contributed by atoms with van der Waals surface area (Å²) in [4.78, 5) is 11.1. The highest BCUT2D eigenvalue weighted by molar-refractivity contribution is 5.93. The number of aromatic nitrogens is 2. The fourth-order valence-corrected chi connectivity index (χ4v) is 2.86. The number of nitrogens with two attached hydrogens (primary N) is 1. The number of nitrogens with one attached hydrogen (secondary N) is 1. The largest absolute Gasteiger partial charge is 0.364 e. The van der Waals surface area contributed by atoms with Crippen LogP contribution in [0.4, 0.5) is 0 Å². The summed E-state index contributed by atoms with van der Waals surface area (Å²) < 4.78 is 0. The molecule has 1 amide bonds. The molecule has 0 spiro atoms. The molecule has 1 fully saturated rings. The van der Waals surface area contributed by atoms with E-state index in [0.29, 0.717) is 23.4 Å². The van der Waals surface area contributed by atoms with Crippen LogP contribution in [0.1, 0.15) is 34.6 Å². The highest BCUT2D eigenvalue weighted by atomic mass is 16.1. The van der Waals surface area contributed by atoms with Gasteiger partial charge in [0.05, 0.1) is 0 Å². The quantitative estimate of drug-likeness (QED) is 0.703. The number of hydrogen-bond acceptors (Lipinski definition) is 2. The van der Waals surface area contributed by atoms with Gasteiger partial charge in [-0.1, -0.05) is 12.2 Å². The van der Waals surface area contributed by atoms with Gasteiger partial charge < -0.3 is 5.73 Å². The van der Waals surface area contributed by atoms with Gasteiger partial charge in [-0.05, 0) is 25.2 Å². The minimum Gasteiger partial charge on any atom is -0.364 e. The normalized spacial score (nSPS) is 31.7. The molecule has 2 aliphatic rings. The Morgan fingerprint density at radius 2 is 2.47 bits per heavy atom. The fraction of sp³-hybridized carbons (Fsp3) is 0.455. The molecule has 0 saturated heterocycles. The maximum absolute atomic E-state index is 11.1. The Morgan fingerprint density at radius 3 is 3.13 bits per heavy atom. The average Bonchev–Trinajstić information content (AvgIpc) is 2.60. The van der Waals surface area contributed by atoms with E-state index in [1.807, 2.05) is 6.92 Å². The Morgan fingerprint density at radius 1 is 1.67 bits per heavy atom. The summed E-state index contributed by atoms with van der Waals surface area (Å²) >= 11 is 0. The maximum atomic E-state index is 11.1. The van der Waals surface area contributed by atoms with Crippen LogP contribution in [0.5, 0.6) is 0 Å². The van der Waals surface area contributed by atoms with Crippen molar-refractivity contribution in [3.8, 4) is 0 Å². The third kappa shape index (κ3) is 1.02. The van der Waals surface area contributed by atoms with Crippen LogP contribution >= 0.6 is 0 Å². The monoisotopic (exact) mass is 203 g/mol. The van der Waals surface area contributed by atoms with E-state index in [1.165, 1.54) is 0 Å². The van der Waals surface area contributed by atoms with Crippen molar-refractivity contribution in [3.05, 3.63) is 29.1 Å². The number of primary amides is 1. The Bertz CT molecular complexity index is 460. The summed E-state index contributed by atoms with van der Waals surface area (Å²) in [5, 5.41) is 6.95. The predicted octanol–water partition coefficient (Wildman–Crippen LogP) is 0.970. The zero-order valence-electron chi connectivity index (χ0n) is 8.53. The van der Waals surface area contributed by atoms with Gasteiger partial charge in [0.2, 0.25) is 0 Å². The summed E-state index contributed by atoms with van der Waals surface area (Å²) in [6, 6.07) is 0. The Balaban J connectivity index is 1.94. The number of allylic oxidation sites excluding steroid dienone is 2. The van der Waals surface area contributed by atoms with Crippen molar-refractivity contribution in [3.63, 3.8) is 0 Å². The lowest BCUT2D eigenvalue weighted by molar-refractivity contribution is 0.0994. The molecular weight excluding hydrogens is 190 g/mol. The van der Waals surface area contributed by atoms with Gasteiger partial charge in [-0.25, -0.2) is 0 Å². The number of nitrogens with zero attached hydrogens (tertiary/aromatic N) is 1. The van der Waals surface area contributed by atoms with E-state index in [0.717, 1.165) is 17.7 Å². The van der Waals surface area contributed by atoms with Gasteiger partial charge in [0.15, 0.2) is 5.69 Å². The van der Waals surface area contributed by atoms with E-state index < -0.39 is 5.91 Å². The van der Waals surface area contributed by atoms with Crippen LogP contribution in [0.25, 0.3) is 0 Å². The number of fused-ring (bicyclic) bond motifs is 3. The lowest BCUT2D eigenvalue weighted by atomic mass is 10.1. The second kappa shape index (κ2) is 2.72. The van der Waals surface area contributed by atoms with E-state index in [-0.39, 0.29) is 0 Å². The van der Waals surface area contributed by atoms with E-state index >= 15 is 0 Å². The number of carbonyl (C=O) groups is 1. The minimum absolute atomic E-state index is 0.420. The molecule has 0 radical (unpaired) electrons. The Hall–Kier alpha value is -1.58. The molecule has 3 N–H and O–H groups in total. The maximum Gasteiger partial charge on any atom is 0.269 e. The number of aromatic amines is 1. The number of carbonyl (C=O) groups excluding carboxylic acids is 1. The molecule has 1 aromatic heterocycles. The van der Waals surface area contributed by atoms with Gasteiger partial charge in [0.1, 0.15) is 0 Å². The summed E-state index contributed by atoms with van der Waals surface area (Å²) in [6.07, 6.45) is 5.28. The van der Waals surface area contributed by atoms with Gasteiger partial charge in [-0.3, -0.25) is 9.89 Å². The molecule has 0 aliphatic heterocycles. The van der Waals surface area contributed by atoms with E-state index in [4.69, 9.17) is 5.73 Å². The summed E-state index contributed by atoms with van der Waals surface area (Å²) in [7, 11) is 0. The smallest absolute Gasteiger partial charge is 0.269 e. The molecule has 1 saturated carbocycles. The lowest BCUT2D eigenvalue weighted by Gasteiger charge is -1.98. The van der Waals surface area contributed by atoms with Crippen LogP contribution < -0.4 is 5.73 Å². The minimum atomic E-state index is -0.420. The third-order valence-electron chi connectivity index (χ3n) is 3.55. The predicted molar refractivity (Wildman–Crippen MR) is 55.3 cm³/mol. The van der Waals surface area contributed by atoms with E-state index in [1.54, 1.807) is 0 Å². The van der Waals surface area contributed by atoms with Crippen LogP contribution in [0.2, 0.25) is 0 Å². The first-order valence-corrected chi connectivity index (χ1v) is 5.23. The van der Waals surface area contributed by atoms with Crippen LogP contribution in [0.3, 0.4) is 0 Å². The summed E-state index contributed by atoms with van der Waals surface area (Å²) in [5.41, 5.74) is 7.88. The summed E-state index contributed by atoms with van der Waals surface area (Å²) in [6.45, 7) is 2.04. The SMILES string of the molecule is C/C=C\C1C2Cc3c(C(N)=O)n[nH]c3C12. The van der Waals surface area contributed by atoms with Gasteiger partial charge in [-0.2, -0.15) is 5.10 Å². The Kier molecular flexibility index (Phi) is 1.58. The molecule has 78 valence electrons. The molecule has 3 rings (SSSR count). The molecular formula is C11H13N3O. The molecule has 1 heterocycles. The molecule has 4 nitrogen and oxygen atoms in total. The van der Waals surface area contributed by atoms with E-state index in [9.17, 15) is 4.79 Å². The van der Waals surface area contributed by atoms with E-state index in [2.05, 4.69) is 22.3 Å². The van der Waals surface area contributed by atoms with Crippen molar-refractivity contribution in [1.82, 2.24) is 10.2 Å². The van der Waals surface area contributed by atoms with Crippen LogP contribution in [-0.2, 0) is 6.42 Å². The second-order valence-corrected chi connectivity index (χ2v) is 4.33. The molecule has 0 aromatic carbocycles. The van der Waals surface area contributed by atoms with Crippen LogP contribution in [0.15, 0.2) is 12.2 Å². The van der Waals surface area contributed by atoms with Crippen molar-refractivity contribution in [2.24, 2.45) is 17.6 Å². The van der Waals surface area contributed by atoms with Crippen LogP contribution in [0, 0.1) is 11.8 Å². The van der Waals surface area contributed by atoms with Crippen molar-refractivity contribution in [2.45, 2.75) is 19.3 Å². The zero-order valence-corrected chi connectivity index (χ0v) is 8.53. The molecule has 3 unspecified atom stereocenters. The second-order valence-electron chi connectivity index (χ2n) is 4.33. The van der Waals surface area contributed by atoms with Crippen molar-refractivity contribution in [2.75, 3.05) is 0 Å². The lowest BCUT2D eigenvalue weighted by Crippen LogP contribution is -2.14. The molecule has 0 bridgehead atoms. The van der Waals surface area contributed by atoms with Crippen molar-refractivity contribution >= 4 is 5.91 Å². The van der Waals surface area contributed by atoms with Crippen LogP contribution in [-0.4, -0.2) is 16.1 Å². The molecule has 4 heteroatoms. The topological polar surface area (TPSA) is 71.8 Å². The highest BCUT2D eigenvalue weighted by Gasteiger charge is 2.56. The summed E-state index contributed by atoms with van der Waals surface area (Å²) in [5.74, 6) is 1.44. The van der Waals surface area contributed by atoms with Gasteiger partial charge in [0.25, 0.3) is 5.91 Å². The average molecular weight is 203 g/mol. The number of amides is 1. The number of rotatable bonds is 2. The molecule has 2 aliphatic carbocycles. The first-order chi connectivity index (χ1) is 7.24. The Labute approximate surface area is 87.5 Å². The highest BCUT2D eigenvalue weighted by Crippen LogP contribution is 2.61. The van der Waals surface area contributed by atoms with Crippen molar-refractivity contribution in [1.29, 1.82) is 0 Å². The first kappa shape index (κ1) is 8.71. The number of H-pyrrole nitrogens is 1. The number of hydrogen-bond donors (Lipinski definition) is 2. The molecule has 3 atom stereocenters. The molecule has 15 heavy (non-hydrogen) atoms. The zero-order chi connectivity index (χ0) is 10.6. The van der Waals surface area contributed by atoms with Gasteiger partial charge in [0, 0.05) is 17.2 Å². The van der Waals surface area contributed by atoms with Gasteiger partial charge >= 0.3 is 0 Å². The van der Waals surface area contributed by atoms with Gasteiger partial charge in [-0.15, -0.1) is 0 Å². The first-order valence-electron chi connectivity index (χ1n) is 5.23. The molecule has 1 aromatic rings. The third-order valence-corrected chi connectivity index (χ3v) is 3.55. The standard InChI is InChI=1S/C11H13N3O/c1-2-3-5-6-4-7-9(8(5)6)13-14-10(7)11(12)15/h2-3,5-6,8H,4H2,1H3,(H2,12,15)(H,13,14)/b3-2-. The fourth-order valence-electron chi connectivity index (χ4n) is 2.86. The van der Waals surface area contributed by atoms with Crippen molar-refractivity contribution < 1.29 is 4.79 Å².